The Labute approximate surface area is 89.3 Å². The highest BCUT2D eigenvalue weighted by Gasteiger charge is 1.97. The van der Waals surface area contributed by atoms with Gasteiger partial charge in [-0.2, -0.15) is 0 Å². The summed E-state index contributed by atoms with van der Waals surface area (Å²) in [6, 6.07) is 0. The molecular weight excluding hydrogens is 170 g/mol. The van der Waals surface area contributed by atoms with Gasteiger partial charge in [0.15, 0.2) is 0 Å². The van der Waals surface area contributed by atoms with E-state index in [1.165, 1.54) is 24.8 Å². The molecule has 0 saturated heterocycles. The summed E-state index contributed by atoms with van der Waals surface area (Å²) in [5.74, 6) is 0. The van der Waals surface area contributed by atoms with Crippen molar-refractivity contribution in [2.24, 2.45) is 0 Å². The summed E-state index contributed by atoms with van der Waals surface area (Å²) in [5, 5.41) is 3.18. The van der Waals surface area contributed by atoms with Crippen LogP contribution in [-0.4, -0.2) is 13.6 Å². The highest BCUT2D eigenvalue weighted by molar-refractivity contribution is 5.12. The molecule has 0 aliphatic rings. The molecule has 0 heterocycles. The van der Waals surface area contributed by atoms with Crippen molar-refractivity contribution < 1.29 is 0 Å². The standard InChI is InChI=1S/C13H25N/c1-5-12(3)11-13(6-2)9-7-8-10-14-4/h5-6,14H,7-11H2,1-4H3/b12-5-,13-6-. The lowest BCUT2D eigenvalue weighted by Crippen LogP contribution is -2.07. The summed E-state index contributed by atoms with van der Waals surface area (Å²) in [7, 11) is 2.01. The molecule has 0 spiro atoms. The Balaban J connectivity index is 3.71. The molecule has 0 aromatic heterocycles. The van der Waals surface area contributed by atoms with Crippen molar-refractivity contribution in [3.63, 3.8) is 0 Å². The molecule has 0 unspecified atom stereocenters. The van der Waals surface area contributed by atoms with Crippen LogP contribution in [0.5, 0.6) is 0 Å². The molecule has 0 saturated carbocycles. The van der Waals surface area contributed by atoms with Crippen molar-refractivity contribution in [2.45, 2.75) is 46.5 Å². The number of rotatable bonds is 7. The van der Waals surface area contributed by atoms with E-state index < -0.39 is 0 Å². The molecule has 0 aromatic rings. The molecule has 0 bridgehead atoms. The molecule has 0 radical (unpaired) electrons. The molecule has 0 amide bonds. The Bertz CT molecular complexity index is 189. The Morgan fingerprint density at radius 2 is 1.86 bits per heavy atom. The van der Waals surface area contributed by atoms with E-state index in [0.29, 0.717) is 0 Å². The predicted molar refractivity (Wildman–Crippen MR) is 65.6 cm³/mol. The zero-order valence-electron chi connectivity index (χ0n) is 10.2. The van der Waals surface area contributed by atoms with E-state index in [-0.39, 0.29) is 0 Å². The SMILES string of the molecule is C/C=C(/C)C/C(=C\C)CCCCNC. The summed E-state index contributed by atoms with van der Waals surface area (Å²) in [6.45, 7) is 7.61. The summed E-state index contributed by atoms with van der Waals surface area (Å²) in [5.41, 5.74) is 3.06. The van der Waals surface area contributed by atoms with Gasteiger partial charge in [0.1, 0.15) is 0 Å². The zero-order valence-corrected chi connectivity index (χ0v) is 10.2. The van der Waals surface area contributed by atoms with E-state index in [1.54, 1.807) is 5.57 Å². The monoisotopic (exact) mass is 195 g/mol. The van der Waals surface area contributed by atoms with Crippen LogP contribution >= 0.6 is 0 Å². The number of nitrogens with one attached hydrogen (secondary N) is 1. The number of allylic oxidation sites excluding steroid dienone is 4. The average Bonchev–Trinajstić information content (AvgIpc) is 2.22. The lowest BCUT2D eigenvalue weighted by atomic mass is 10.0. The maximum Gasteiger partial charge on any atom is -0.00518 e. The van der Waals surface area contributed by atoms with E-state index in [0.717, 1.165) is 13.0 Å². The van der Waals surface area contributed by atoms with Crippen molar-refractivity contribution in [1.29, 1.82) is 0 Å². The topological polar surface area (TPSA) is 12.0 Å². The lowest BCUT2D eigenvalue weighted by molar-refractivity contribution is 0.669. The smallest absolute Gasteiger partial charge is 0.00518 e. The largest absolute Gasteiger partial charge is 0.320 e. The van der Waals surface area contributed by atoms with E-state index in [4.69, 9.17) is 0 Å². The van der Waals surface area contributed by atoms with Gasteiger partial charge in [-0.15, -0.1) is 0 Å². The molecule has 1 N–H and O–H groups in total. The summed E-state index contributed by atoms with van der Waals surface area (Å²) in [6.07, 6.45) is 9.47. The quantitative estimate of drug-likeness (QED) is 0.482. The van der Waals surface area contributed by atoms with Crippen LogP contribution in [0.2, 0.25) is 0 Å². The third-order valence-corrected chi connectivity index (χ3v) is 2.58. The summed E-state index contributed by atoms with van der Waals surface area (Å²) < 4.78 is 0. The molecule has 0 fully saturated rings. The second-order valence-corrected chi connectivity index (χ2v) is 3.82. The van der Waals surface area contributed by atoms with Crippen molar-refractivity contribution in [1.82, 2.24) is 5.32 Å². The molecule has 82 valence electrons. The van der Waals surface area contributed by atoms with Gasteiger partial charge in [-0.05, 0) is 60.0 Å². The minimum absolute atomic E-state index is 1.14. The fourth-order valence-corrected chi connectivity index (χ4v) is 1.45. The minimum Gasteiger partial charge on any atom is -0.320 e. The number of hydrogen-bond acceptors (Lipinski definition) is 1. The van der Waals surface area contributed by atoms with Gasteiger partial charge in [-0.3, -0.25) is 0 Å². The van der Waals surface area contributed by atoms with Crippen LogP contribution in [0.3, 0.4) is 0 Å². The van der Waals surface area contributed by atoms with Gasteiger partial charge in [-0.25, -0.2) is 0 Å². The van der Waals surface area contributed by atoms with Gasteiger partial charge >= 0.3 is 0 Å². The Hall–Kier alpha value is -0.560. The van der Waals surface area contributed by atoms with Gasteiger partial charge in [-0.1, -0.05) is 23.3 Å². The molecular formula is C13H25N. The molecule has 0 rings (SSSR count). The zero-order chi connectivity index (χ0) is 10.8. The first-order valence-corrected chi connectivity index (χ1v) is 5.65. The summed E-state index contributed by atoms with van der Waals surface area (Å²) in [4.78, 5) is 0. The molecule has 1 nitrogen and oxygen atoms in total. The Morgan fingerprint density at radius 1 is 1.14 bits per heavy atom. The van der Waals surface area contributed by atoms with Crippen molar-refractivity contribution in [3.8, 4) is 0 Å². The Morgan fingerprint density at radius 3 is 2.36 bits per heavy atom. The highest BCUT2D eigenvalue weighted by atomic mass is 14.8. The predicted octanol–water partition coefficient (Wildman–Crippen LogP) is 3.68. The number of hydrogen-bond donors (Lipinski definition) is 1. The first-order chi connectivity index (χ1) is 6.74. The van der Waals surface area contributed by atoms with Gasteiger partial charge in [0.25, 0.3) is 0 Å². The van der Waals surface area contributed by atoms with Crippen LogP contribution in [-0.2, 0) is 0 Å². The Kier molecular flexibility index (Phi) is 8.65. The molecule has 0 aromatic carbocycles. The van der Waals surface area contributed by atoms with E-state index in [2.05, 4.69) is 38.2 Å². The fourth-order valence-electron chi connectivity index (χ4n) is 1.45. The van der Waals surface area contributed by atoms with Crippen LogP contribution < -0.4 is 5.32 Å². The summed E-state index contributed by atoms with van der Waals surface area (Å²) >= 11 is 0. The van der Waals surface area contributed by atoms with Crippen molar-refractivity contribution in [3.05, 3.63) is 23.3 Å². The maximum absolute atomic E-state index is 3.18. The average molecular weight is 195 g/mol. The van der Waals surface area contributed by atoms with Crippen molar-refractivity contribution in [2.75, 3.05) is 13.6 Å². The van der Waals surface area contributed by atoms with E-state index in [1.807, 2.05) is 7.05 Å². The second kappa shape index (κ2) is 9.01. The van der Waals surface area contributed by atoms with E-state index in [9.17, 15) is 0 Å². The molecule has 14 heavy (non-hydrogen) atoms. The van der Waals surface area contributed by atoms with Gasteiger partial charge in [0.2, 0.25) is 0 Å². The molecule has 0 atom stereocenters. The first kappa shape index (κ1) is 13.4. The van der Waals surface area contributed by atoms with Gasteiger partial charge in [0, 0.05) is 0 Å². The van der Waals surface area contributed by atoms with Gasteiger partial charge in [0.05, 0.1) is 0 Å². The molecule has 0 aliphatic heterocycles. The third-order valence-electron chi connectivity index (χ3n) is 2.58. The lowest BCUT2D eigenvalue weighted by Gasteiger charge is -2.07. The third kappa shape index (κ3) is 6.90. The maximum atomic E-state index is 3.18. The van der Waals surface area contributed by atoms with Crippen LogP contribution in [0.25, 0.3) is 0 Å². The van der Waals surface area contributed by atoms with Crippen LogP contribution in [0.1, 0.15) is 46.5 Å². The fraction of sp³-hybridized carbons (Fsp3) is 0.692. The van der Waals surface area contributed by atoms with E-state index >= 15 is 0 Å². The number of unbranched alkanes of at least 4 members (excludes halogenated alkanes) is 1. The van der Waals surface area contributed by atoms with Gasteiger partial charge < -0.3 is 5.32 Å². The second-order valence-electron chi connectivity index (χ2n) is 3.82. The minimum atomic E-state index is 1.14. The molecule has 0 aliphatic carbocycles. The van der Waals surface area contributed by atoms with Crippen LogP contribution in [0.15, 0.2) is 23.3 Å². The normalized spacial score (nSPS) is 13.4. The van der Waals surface area contributed by atoms with Crippen molar-refractivity contribution >= 4 is 0 Å². The van der Waals surface area contributed by atoms with Crippen LogP contribution in [0, 0.1) is 0 Å². The first-order valence-electron chi connectivity index (χ1n) is 5.65. The highest BCUT2D eigenvalue weighted by Crippen LogP contribution is 2.16. The van der Waals surface area contributed by atoms with Crippen LogP contribution in [0.4, 0.5) is 0 Å². The molecule has 1 heteroatoms.